The molecule has 8 rings (SSSR count). The van der Waals surface area contributed by atoms with Crippen LogP contribution < -0.4 is 25.3 Å². The van der Waals surface area contributed by atoms with Crippen molar-refractivity contribution in [2.24, 2.45) is 0 Å². The van der Waals surface area contributed by atoms with Gasteiger partial charge in [0.1, 0.15) is 28.9 Å². The van der Waals surface area contributed by atoms with Crippen LogP contribution in [0.1, 0.15) is 64.0 Å². The summed E-state index contributed by atoms with van der Waals surface area (Å²) in [7, 11) is 1.59. The molecule has 0 radical (unpaired) electrons. The highest BCUT2D eigenvalue weighted by Gasteiger charge is 2.20. The number of aromatic nitrogens is 5. The minimum atomic E-state index is -0.107. The summed E-state index contributed by atoms with van der Waals surface area (Å²) in [6, 6.07) is 23.8. The van der Waals surface area contributed by atoms with Crippen LogP contribution in [0.25, 0.3) is 33.2 Å². The molecule has 304 valence electrons. The topological polar surface area (TPSA) is 117 Å². The van der Waals surface area contributed by atoms with Gasteiger partial charge in [0, 0.05) is 37.6 Å². The van der Waals surface area contributed by atoms with E-state index in [-0.39, 0.29) is 11.1 Å². The van der Waals surface area contributed by atoms with Crippen LogP contribution in [-0.4, -0.2) is 92.5 Å². The van der Waals surface area contributed by atoms with Crippen molar-refractivity contribution in [3.8, 4) is 28.6 Å². The Morgan fingerprint density at radius 2 is 1.12 bits per heavy atom. The molecule has 2 fully saturated rings. The van der Waals surface area contributed by atoms with Crippen LogP contribution in [0.3, 0.4) is 0 Å². The van der Waals surface area contributed by atoms with Gasteiger partial charge in [-0.15, -0.1) is 0 Å². The number of nitrogens with zero attached hydrogens (tertiary/aromatic N) is 7. The number of rotatable bonds is 13. The Hall–Kier alpha value is -5.59. The minimum absolute atomic E-state index is 0.107. The number of hydrogen-bond donors (Lipinski definition) is 0. The summed E-state index contributed by atoms with van der Waals surface area (Å²) in [5.41, 5.74) is 2.67. The Bertz CT molecular complexity index is 2430. The zero-order chi connectivity index (χ0) is 40.6. The van der Waals surface area contributed by atoms with E-state index in [4.69, 9.17) is 14.2 Å². The van der Waals surface area contributed by atoms with E-state index in [1.165, 1.54) is 38.8 Å². The zero-order valence-corrected chi connectivity index (χ0v) is 34.4. The van der Waals surface area contributed by atoms with Crippen molar-refractivity contribution >= 4 is 21.8 Å². The Balaban J connectivity index is 0.000000177. The van der Waals surface area contributed by atoms with Gasteiger partial charge in [-0.1, -0.05) is 0 Å². The molecule has 0 saturated carbocycles. The number of benzene rings is 3. The van der Waals surface area contributed by atoms with Gasteiger partial charge in [0.25, 0.3) is 11.1 Å². The molecule has 2 aliphatic rings. The van der Waals surface area contributed by atoms with Crippen molar-refractivity contribution in [3.63, 3.8) is 0 Å². The van der Waals surface area contributed by atoms with Crippen molar-refractivity contribution in [2.75, 3.05) is 46.5 Å². The second-order valence-electron chi connectivity index (χ2n) is 15.3. The summed E-state index contributed by atoms with van der Waals surface area (Å²) >= 11 is 0. The maximum absolute atomic E-state index is 13.1. The number of aryl methyl sites for hydroxylation is 2. The molecule has 12 nitrogen and oxygen atoms in total. The molecule has 58 heavy (non-hydrogen) atoms. The molecule has 2 saturated heterocycles. The molecule has 3 aromatic heterocycles. The number of methoxy groups -OCH3 is 1. The summed E-state index contributed by atoms with van der Waals surface area (Å²) in [6.45, 7) is 14.3. The van der Waals surface area contributed by atoms with Crippen LogP contribution in [0.15, 0.2) is 94.8 Å². The first kappa shape index (κ1) is 40.6. The van der Waals surface area contributed by atoms with Crippen LogP contribution in [-0.2, 0) is 0 Å². The van der Waals surface area contributed by atoms with Gasteiger partial charge in [0.2, 0.25) is 0 Å². The third-order valence-corrected chi connectivity index (χ3v) is 11.4. The molecule has 0 aliphatic carbocycles. The largest absolute Gasteiger partial charge is 0.497 e. The van der Waals surface area contributed by atoms with Gasteiger partial charge in [-0.25, -0.2) is 9.97 Å². The van der Waals surface area contributed by atoms with Crippen LogP contribution >= 0.6 is 0 Å². The summed E-state index contributed by atoms with van der Waals surface area (Å²) in [6.07, 6.45) is 10.5. The molecule has 5 heterocycles. The second-order valence-corrected chi connectivity index (χ2v) is 15.3. The summed E-state index contributed by atoms with van der Waals surface area (Å²) < 4.78 is 20.3. The van der Waals surface area contributed by atoms with Gasteiger partial charge >= 0.3 is 0 Å². The van der Waals surface area contributed by atoms with Crippen LogP contribution in [0.2, 0.25) is 0 Å². The quantitative estimate of drug-likeness (QED) is 0.111. The molecule has 2 aliphatic heterocycles. The fourth-order valence-corrected chi connectivity index (χ4v) is 8.10. The molecule has 12 heteroatoms. The van der Waals surface area contributed by atoms with E-state index in [2.05, 4.69) is 38.6 Å². The highest BCUT2D eigenvalue weighted by Crippen LogP contribution is 2.22. The van der Waals surface area contributed by atoms with Crippen molar-refractivity contribution in [1.82, 2.24) is 33.9 Å². The van der Waals surface area contributed by atoms with E-state index >= 15 is 0 Å². The number of hydrogen-bond acceptors (Lipinski definition) is 10. The van der Waals surface area contributed by atoms with Gasteiger partial charge in [-0.3, -0.25) is 23.7 Å². The highest BCUT2D eigenvalue weighted by molar-refractivity contribution is 5.80. The highest BCUT2D eigenvalue weighted by atomic mass is 16.5. The lowest BCUT2D eigenvalue weighted by atomic mass is 10.2. The Morgan fingerprint density at radius 1 is 0.638 bits per heavy atom. The molecule has 6 aromatic rings. The predicted molar refractivity (Wildman–Crippen MR) is 229 cm³/mol. The van der Waals surface area contributed by atoms with Crippen molar-refractivity contribution in [1.29, 1.82) is 0 Å². The summed E-state index contributed by atoms with van der Waals surface area (Å²) in [5.74, 6) is 3.57. The lowest BCUT2D eigenvalue weighted by Gasteiger charge is -2.20. The zero-order valence-electron chi connectivity index (χ0n) is 34.4. The minimum Gasteiger partial charge on any atom is -0.497 e. The summed E-state index contributed by atoms with van der Waals surface area (Å²) in [4.78, 5) is 44.2. The molecule has 3 aromatic carbocycles. The van der Waals surface area contributed by atoms with Crippen LogP contribution in [0.4, 0.5) is 0 Å². The van der Waals surface area contributed by atoms with Gasteiger partial charge in [-0.2, -0.15) is 0 Å². The molecule has 2 atom stereocenters. The third-order valence-electron chi connectivity index (χ3n) is 11.4. The van der Waals surface area contributed by atoms with E-state index in [0.717, 1.165) is 48.8 Å². The van der Waals surface area contributed by atoms with Crippen LogP contribution in [0, 0.1) is 13.8 Å². The monoisotopic (exact) mass is 785 g/mol. The second kappa shape index (κ2) is 18.8. The lowest BCUT2D eigenvalue weighted by molar-refractivity contribution is 0.230. The first-order valence-corrected chi connectivity index (χ1v) is 20.6. The van der Waals surface area contributed by atoms with Crippen LogP contribution in [0.5, 0.6) is 17.2 Å². The van der Waals surface area contributed by atoms with Crippen molar-refractivity contribution < 1.29 is 14.2 Å². The molecule has 0 bridgehead atoms. The first-order valence-electron chi connectivity index (χ1n) is 20.6. The maximum atomic E-state index is 13.1. The van der Waals surface area contributed by atoms with E-state index in [1.54, 1.807) is 40.8 Å². The normalized spacial score (nSPS) is 17.1. The third kappa shape index (κ3) is 9.40. The standard InChI is InChI=1S/C24H29N3O3.C22H26N4O2/c1-17-6-4-13-26(17)14-5-15-30-20-9-7-19(8-10-20)27-18(2)25-23-12-11-21(29-3)16-22(23)24(27)28;1-16-5-3-12-25(16)13-4-14-28-19-8-6-18(7-9-19)26-17(2)24-21-10-11-23-15-20(21)22(26)27/h7-12,16-17H,4-6,13-15H2,1-3H3;6-11,15-16H,3-5,12-14H2,1-2H3/t17-;16-/m11/s1. The molecule has 0 spiro atoms. The molecule has 0 unspecified atom stereocenters. The number of pyridine rings is 1. The number of likely N-dealkylation sites (tertiary alicyclic amines) is 2. The molecular formula is C46H55N7O5. The van der Waals surface area contributed by atoms with Gasteiger partial charge < -0.3 is 24.0 Å². The summed E-state index contributed by atoms with van der Waals surface area (Å²) in [5, 5.41) is 1.06. The Kier molecular flexibility index (Phi) is 13.1. The Labute approximate surface area is 340 Å². The van der Waals surface area contributed by atoms with E-state index in [0.29, 0.717) is 64.5 Å². The van der Waals surface area contributed by atoms with Gasteiger partial charge in [-0.05, 0) is 152 Å². The van der Waals surface area contributed by atoms with E-state index in [1.807, 2.05) is 74.5 Å². The molecule has 0 N–H and O–H groups in total. The van der Waals surface area contributed by atoms with Gasteiger partial charge in [0.15, 0.2) is 0 Å². The predicted octanol–water partition coefficient (Wildman–Crippen LogP) is 7.30. The lowest BCUT2D eigenvalue weighted by Crippen LogP contribution is -2.28. The number of ether oxygens (including phenoxy) is 3. The van der Waals surface area contributed by atoms with E-state index < -0.39 is 0 Å². The van der Waals surface area contributed by atoms with Crippen molar-refractivity contribution in [2.45, 2.75) is 78.3 Å². The van der Waals surface area contributed by atoms with E-state index in [9.17, 15) is 9.59 Å². The first-order chi connectivity index (χ1) is 28.2. The molecule has 0 amide bonds. The van der Waals surface area contributed by atoms with Crippen molar-refractivity contribution in [3.05, 3.63) is 118 Å². The average molecular weight is 786 g/mol. The maximum Gasteiger partial charge on any atom is 0.267 e. The smallest absolute Gasteiger partial charge is 0.267 e. The number of fused-ring (bicyclic) bond motifs is 2. The fourth-order valence-electron chi connectivity index (χ4n) is 8.10. The SMILES string of the molecule is COc1ccc2nc(C)n(-c3ccc(OCCCN4CCC[C@H]4C)cc3)c(=O)c2c1.Cc1nc2ccncc2c(=O)n1-c1ccc(OCCCN2CCC[C@H]2C)cc1. The fraction of sp³-hybridized carbons (Fsp3) is 0.413. The van der Waals surface area contributed by atoms with Gasteiger partial charge in [0.05, 0.1) is 53.5 Å². The molecular weight excluding hydrogens is 731 g/mol. The Morgan fingerprint density at radius 3 is 1.60 bits per heavy atom. The average Bonchev–Trinajstić information content (AvgIpc) is 3.85.